The summed E-state index contributed by atoms with van der Waals surface area (Å²) in [5.74, 6) is 1.65. The number of rotatable bonds is 5. The average Bonchev–Trinajstić information content (AvgIpc) is 3.13. The van der Waals surface area contributed by atoms with E-state index in [1.54, 1.807) is 11.8 Å². The van der Waals surface area contributed by atoms with Gasteiger partial charge in [0, 0.05) is 11.3 Å². The van der Waals surface area contributed by atoms with Crippen LogP contribution in [0.15, 0.2) is 54.1 Å². The summed E-state index contributed by atoms with van der Waals surface area (Å²) in [6.45, 7) is 2.91. The van der Waals surface area contributed by atoms with Gasteiger partial charge >= 0.3 is 0 Å². The number of nitrogens with zero attached hydrogens (tertiary/aromatic N) is 1. The zero-order chi connectivity index (χ0) is 19.8. The minimum absolute atomic E-state index is 0.00196. The van der Waals surface area contributed by atoms with Crippen LogP contribution in [0.5, 0.6) is 5.75 Å². The van der Waals surface area contributed by atoms with E-state index in [0.29, 0.717) is 5.75 Å². The summed E-state index contributed by atoms with van der Waals surface area (Å²) in [7, 11) is 0. The lowest BCUT2D eigenvalue weighted by Gasteiger charge is -2.43. The molecule has 2 aromatic carbocycles. The van der Waals surface area contributed by atoms with Gasteiger partial charge in [-0.2, -0.15) is 0 Å². The maximum atomic E-state index is 12.8. The topological polar surface area (TPSA) is 41.6 Å². The number of unbranched alkanes of at least 4 members (excludes halogenated alkanes) is 1. The molecule has 29 heavy (non-hydrogen) atoms. The first-order valence-corrected chi connectivity index (χ1v) is 11.5. The van der Waals surface area contributed by atoms with E-state index in [9.17, 15) is 4.79 Å². The van der Waals surface area contributed by atoms with Crippen molar-refractivity contribution in [2.75, 3.05) is 12.4 Å². The number of hydrogen-bond donors (Lipinski definition) is 1. The van der Waals surface area contributed by atoms with Gasteiger partial charge in [-0.3, -0.25) is 4.79 Å². The lowest BCUT2D eigenvalue weighted by Crippen LogP contribution is -2.49. The molecule has 2 heterocycles. The van der Waals surface area contributed by atoms with E-state index >= 15 is 0 Å². The number of fused-ring (bicyclic) bond motifs is 3. The monoisotopic (exact) mass is 406 g/mol. The van der Waals surface area contributed by atoms with Gasteiger partial charge in [0.1, 0.15) is 5.75 Å². The fourth-order valence-electron chi connectivity index (χ4n) is 4.55. The normalized spacial score (nSPS) is 22.7. The smallest absolute Gasteiger partial charge is 0.235 e. The molecule has 2 atom stereocenters. The molecule has 0 spiro atoms. The zero-order valence-electron chi connectivity index (χ0n) is 16.7. The molecule has 3 aliphatic rings. The first-order valence-electron chi connectivity index (χ1n) is 10.5. The molecule has 4 nitrogen and oxygen atoms in total. The van der Waals surface area contributed by atoms with Crippen molar-refractivity contribution < 1.29 is 9.53 Å². The molecule has 0 saturated carbocycles. The number of nitrogens with one attached hydrogen (secondary N) is 1. The molecule has 5 rings (SSSR count). The first kappa shape index (κ1) is 18.6. The van der Waals surface area contributed by atoms with Gasteiger partial charge < -0.3 is 15.0 Å². The molecule has 0 bridgehead atoms. The number of carbonyl (C=O) groups excluding carboxylic acids is 1. The summed E-state index contributed by atoms with van der Waals surface area (Å²) in [5.41, 5.74) is 6.40. The second-order valence-electron chi connectivity index (χ2n) is 7.84. The largest absolute Gasteiger partial charge is 0.494 e. The Morgan fingerprint density at radius 1 is 1.14 bits per heavy atom. The number of benzene rings is 2. The van der Waals surface area contributed by atoms with Crippen molar-refractivity contribution in [3.05, 3.63) is 70.8 Å². The molecule has 5 heteroatoms. The van der Waals surface area contributed by atoms with E-state index in [1.807, 2.05) is 17.0 Å². The Balaban J connectivity index is 1.53. The van der Waals surface area contributed by atoms with Crippen molar-refractivity contribution in [2.45, 2.75) is 44.1 Å². The number of amides is 1. The summed E-state index contributed by atoms with van der Waals surface area (Å²) >= 11 is 1.69. The molecule has 1 aliphatic carbocycles. The molecule has 2 aliphatic heterocycles. The van der Waals surface area contributed by atoms with Crippen LogP contribution in [0.4, 0.5) is 0 Å². The molecule has 1 saturated heterocycles. The molecular formula is C24H26N2O2S. The van der Waals surface area contributed by atoms with E-state index in [1.165, 1.54) is 28.0 Å². The predicted molar refractivity (Wildman–Crippen MR) is 117 cm³/mol. The van der Waals surface area contributed by atoms with Crippen molar-refractivity contribution >= 4 is 23.4 Å². The molecule has 1 fully saturated rings. The molecular weight excluding hydrogens is 380 g/mol. The standard InChI is InChI=1S/C24H26N2O2S/c1-2-3-14-28-18-11-8-17(9-12-18)23-20-13-10-16-6-4-5-7-19(16)22(20)25-24-26(23)21(27)15-29-24/h4-9,11-12,23-25H,2-3,10,13-15H2,1H3. The first-order chi connectivity index (χ1) is 14.3. The van der Waals surface area contributed by atoms with Crippen LogP contribution in [0.3, 0.4) is 0 Å². The highest BCUT2D eigenvalue weighted by Gasteiger charge is 2.44. The van der Waals surface area contributed by atoms with Gasteiger partial charge in [0.25, 0.3) is 0 Å². The van der Waals surface area contributed by atoms with Crippen LogP contribution in [0.2, 0.25) is 0 Å². The van der Waals surface area contributed by atoms with Crippen LogP contribution in [-0.4, -0.2) is 28.7 Å². The highest BCUT2D eigenvalue weighted by molar-refractivity contribution is 8.00. The maximum Gasteiger partial charge on any atom is 0.235 e. The molecule has 150 valence electrons. The van der Waals surface area contributed by atoms with Gasteiger partial charge in [0.15, 0.2) is 5.50 Å². The van der Waals surface area contributed by atoms with Crippen LogP contribution >= 0.6 is 11.8 Å². The second-order valence-corrected chi connectivity index (χ2v) is 8.91. The highest BCUT2D eigenvalue weighted by Crippen LogP contribution is 2.47. The number of ether oxygens (including phenoxy) is 1. The van der Waals surface area contributed by atoms with E-state index in [-0.39, 0.29) is 17.4 Å². The number of hydrogen-bond acceptors (Lipinski definition) is 4. The van der Waals surface area contributed by atoms with Gasteiger partial charge in [-0.1, -0.05) is 49.7 Å². The van der Waals surface area contributed by atoms with Crippen molar-refractivity contribution in [1.82, 2.24) is 10.2 Å². The lowest BCUT2D eigenvalue weighted by molar-refractivity contribution is -0.130. The van der Waals surface area contributed by atoms with Gasteiger partial charge in [-0.25, -0.2) is 0 Å². The van der Waals surface area contributed by atoms with E-state index in [0.717, 1.165) is 38.0 Å². The van der Waals surface area contributed by atoms with Crippen molar-refractivity contribution in [3.63, 3.8) is 0 Å². The quantitative estimate of drug-likeness (QED) is 0.729. The second kappa shape index (κ2) is 7.79. The Hall–Kier alpha value is -2.40. The summed E-state index contributed by atoms with van der Waals surface area (Å²) in [5, 5.41) is 3.67. The summed E-state index contributed by atoms with van der Waals surface area (Å²) in [4.78, 5) is 14.8. The van der Waals surface area contributed by atoms with Crippen molar-refractivity contribution in [2.24, 2.45) is 0 Å². The number of carbonyl (C=O) groups is 1. The van der Waals surface area contributed by atoms with Gasteiger partial charge in [-0.05, 0) is 48.1 Å². The minimum Gasteiger partial charge on any atom is -0.494 e. The van der Waals surface area contributed by atoms with Crippen LogP contribution in [0, 0.1) is 0 Å². The van der Waals surface area contributed by atoms with E-state index in [2.05, 4.69) is 48.6 Å². The van der Waals surface area contributed by atoms with Crippen LogP contribution in [0.25, 0.3) is 5.70 Å². The minimum atomic E-state index is -0.00296. The van der Waals surface area contributed by atoms with Gasteiger partial charge in [0.05, 0.1) is 18.4 Å². The number of thioether (sulfide) groups is 1. The number of aryl methyl sites for hydroxylation is 1. The Morgan fingerprint density at radius 3 is 2.79 bits per heavy atom. The summed E-state index contributed by atoms with van der Waals surface area (Å²) < 4.78 is 5.84. The summed E-state index contributed by atoms with van der Waals surface area (Å²) in [6, 6.07) is 17.0. The third kappa shape index (κ3) is 3.31. The Labute approximate surface area is 176 Å². The Kier molecular flexibility index (Phi) is 5.00. The van der Waals surface area contributed by atoms with Crippen LogP contribution in [0.1, 0.15) is 48.9 Å². The Morgan fingerprint density at radius 2 is 1.97 bits per heavy atom. The van der Waals surface area contributed by atoms with Crippen LogP contribution in [-0.2, 0) is 11.2 Å². The van der Waals surface area contributed by atoms with E-state index < -0.39 is 0 Å². The third-order valence-corrected chi connectivity index (χ3v) is 7.09. The SMILES string of the molecule is CCCCOc1ccc(C2C3=C(NC4SCC(=O)N42)c2ccccc2CC3)cc1. The molecule has 1 N–H and O–H groups in total. The van der Waals surface area contributed by atoms with Crippen molar-refractivity contribution in [1.29, 1.82) is 0 Å². The molecule has 2 unspecified atom stereocenters. The van der Waals surface area contributed by atoms with E-state index in [4.69, 9.17) is 4.74 Å². The molecule has 2 aromatic rings. The highest BCUT2D eigenvalue weighted by atomic mass is 32.2. The average molecular weight is 407 g/mol. The molecule has 0 aromatic heterocycles. The Bertz CT molecular complexity index is 954. The van der Waals surface area contributed by atoms with Gasteiger partial charge in [-0.15, -0.1) is 11.8 Å². The van der Waals surface area contributed by atoms with Crippen molar-refractivity contribution in [3.8, 4) is 5.75 Å². The fraction of sp³-hybridized carbons (Fsp3) is 0.375. The third-order valence-electron chi connectivity index (χ3n) is 6.02. The summed E-state index contributed by atoms with van der Waals surface area (Å²) in [6.07, 6.45) is 4.18. The molecule has 1 amide bonds. The fourth-order valence-corrected chi connectivity index (χ4v) is 5.60. The molecule has 0 radical (unpaired) electrons. The van der Waals surface area contributed by atoms with Gasteiger partial charge in [0.2, 0.25) is 5.91 Å². The predicted octanol–water partition coefficient (Wildman–Crippen LogP) is 4.73. The lowest BCUT2D eigenvalue weighted by atomic mass is 9.82. The van der Waals surface area contributed by atoms with Crippen LogP contribution < -0.4 is 10.1 Å². The zero-order valence-corrected chi connectivity index (χ0v) is 17.5. The maximum absolute atomic E-state index is 12.8.